The van der Waals surface area contributed by atoms with E-state index in [-0.39, 0.29) is 5.91 Å². The van der Waals surface area contributed by atoms with Crippen LogP contribution in [0.15, 0.2) is 58.3 Å². The van der Waals surface area contributed by atoms with Crippen LogP contribution in [-0.4, -0.2) is 23.1 Å². The molecule has 0 bridgehead atoms. The third-order valence-electron chi connectivity index (χ3n) is 3.59. The minimum Gasteiger partial charge on any atom is -0.494 e. The zero-order chi connectivity index (χ0) is 17.8. The van der Waals surface area contributed by atoms with Gasteiger partial charge in [0.2, 0.25) is 0 Å². The lowest BCUT2D eigenvalue weighted by Gasteiger charge is -2.15. The maximum atomic E-state index is 12.8. The number of thiocarbonyl (C=S) groups is 1. The summed E-state index contributed by atoms with van der Waals surface area (Å²) in [5.41, 5.74) is 1.76. The van der Waals surface area contributed by atoms with Gasteiger partial charge in [0, 0.05) is 4.90 Å². The highest BCUT2D eigenvalue weighted by atomic mass is 32.2. The van der Waals surface area contributed by atoms with E-state index < -0.39 is 0 Å². The summed E-state index contributed by atoms with van der Waals surface area (Å²) < 4.78 is 6.00. The number of thioether (sulfide) groups is 2. The van der Waals surface area contributed by atoms with E-state index in [2.05, 4.69) is 0 Å². The van der Waals surface area contributed by atoms with Crippen LogP contribution in [0.1, 0.15) is 12.5 Å². The minimum absolute atomic E-state index is 0.0814. The predicted octanol–water partition coefficient (Wildman–Crippen LogP) is 5.21. The van der Waals surface area contributed by atoms with Gasteiger partial charge >= 0.3 is 0 Å². The molecule has 128 valence electrons. The Morgan fingerprint density at radius 1 is 1.24 bits per heavy atom. The second kappa shape index (κ2) is 8.08. The SMILES string of the molecule is CCOc1ccc(/C=C2/SC(=S)N(c3cccc(SC)c3)C2=O)cc1. The van der Waals surface area contributed by atoms with Gasteiger partial charge in [-0.25, -0.2) is 0 Å². The summed E-state index contributed by atoms with van der Waals surface area (Å²) >= 11 is 8.40. The summed E-state index contributed by atoms with van der Waals surface area (Å²) in [4.78, 5) is 16.1. The molecule has 6 heteroatoms. The minimum atomic E-state index is -0.0814. The molecular weight excluding hydrogens is 370 g/mol. The zero-order valence-corrected chi connectivity index (χ0v) is 16.3. The average Bonchev–Trinajstić information content (AvgIpc) is 2.90. The number of ether oxygens (including phenoxy) is 1. The first-order valence-electron chi connectivity index (χ1n) is 7.77. The molecule has 3 rings (SSSR count). The van der Waals surface area contributed by atoms with Gasteiger partial charge in [-0.3, -0.25) is 9.69 Å². The Morgan fingerprint density at radius 3 is 2.68 bits per heavy atom. The molecule has 0 atom stereocenters. The summed E-state index contributed by atoms with van der Waals surface area (Å²) in [6.45, 7) is 2.58. The van der Waals surface area contributed by atoms with Crippen LogP contribution in [0.2, 0.25) is 0 Å². The van der Waals surface area contributed by atoms with Crippen LogP contribution in [-0.2, 0) is 4.79 Å². The van der Waals surface area contributed by atoms with Crippen molar-refractivity contribution in [2.45, 2.75) is 11.8 Å². The summed E-state index contributed by atoms with van der Waals surface area (Å²) in [5.74, 6) is 0.739. The Balaban J connectivity index is 1.85. The smallest absolute Gasteiger partial charge is 0.270 e. The summed E-state index contributed by atoms with van der Waals surface area (Å²) in [6.07, 6.45) is 3.88. The van der Waals surface area contributed by atoms with Crippen LogP contribution in [0.3, 0.4) is 0 Å². The lowest BCUT2D eigenvalue weighted by Crippen LogP contribution is -2.27. The standard InChI is InChI=1S/C19H17NO2S3/c1-3-22-15-9-7-13(8-10-15)11-17-18(21)20(19(23)25-17)14-5-4-6-16(12-14)24-2/h4-12H,3H2,1-2H3/b17-11+. The van der Waals surface area contributed by atoms with Crippen molar-refractivity contribution in [3.05, 3.63) is 59.0 Å². The van der Waals surface area contributed by atoms with Gasteiger partial charge in [0.15, 0.2) is 4.32 Å². The van der Waals surface area contributed by atoms with E-state index in [1.165, 1.54) is 11.8 Å². The number of anilines is 1. The van der Waals surface area contributed by atoms with Gasteiger partial charge in [-0.2, -0.15) is 0 Å². The van der Waals surface area contributed by atoms with Crippen molar-refractivity contribution in [3.8, 4) is 5.75 Å². The van der Waals surface area contributed by atoms with Crippen LogP contribution >= 0.6 is 35.7 Å². The Labute approximate surface area is 161 Å². The molecule has 0 spiro atoms. The molecule has 0 unspecified atom stereocenters. The van der Waals surface area contributed by atoms with E-state index in [0.717, 1.165) is 21.9 Å². The molecule has 0 N–H and O–H groups in total. The molecule has 1 amide bonds. The van der Waals surface area contributed by atoms with Crippen LogP contribution in [0, 0.1) is 0 Å². The molecule has 3 nitrogen and oxygen atoms in total. The van der Waals surface area contributed by atoms with Crippen LogP contribution in [0.25, 0.3) is 6.08 Å². The molecule has 0 saturated carbocycles. The average molecular weight is 388 g/mol. The fraction of sp³-hybridized carbons (Fsp3) is 0.158. The van der Waals surface area contributed by atoms with Crippen molar-refractivity contribution in [1.29, 1.82) is 0 Å². The first-order chi connectivity index (χ1) is 12.1. The number of hydrogen-bond acceptors (Lipinski definition) is 5. The van der Waals surface area contributed by atoms with Gasteiger partial charge in [0.1, 0.15) is 5.75 Å². The lowest BCUT2D eigenvalue weighted by atomic mass is 10.2. The summed E-state index contributed by atoms with van der Waals surface area (Å²) in [5, 5.41) is 0. The Morgan fingerprint density at radius 2 is 2.00 bits per heavy atom. The first kappa shape index (κ1) is 18.0. The van der Waals surface area contributed by atoms with Gasteiger partial charge in [-0.15, -0.1) is 11.8 Å². The Hall–Kier alpha value is -1.76. The molecule has 2 aromatic rings. The molecular formula is C19H17NO2S3. The monoisotopic (exact) mass is 387 g/mol. The van der Waals surface area contributed by atoms with Gasteiger partial charge in [-0.05, 0) is 55.2 Å². The second-order valence-corrected chi connectivity index (χ2v) is 7.78. The van der Waals surface area contributed by atoms with Crippen molar-refractivity contribution in [2.75, 3.05) is 17.8 Å². The molecule has 1 aliphatic rings. The summed E-state index contributed by atoms with van der Waals surface area (Å²) in [7, 11) is 0. The van der Waals surface area contributed by atoms with Gasteiger partial charge in [-0.1, -0.05) is 42.2 Å². The summed E-state index contributed by atoms with van der Waals surface area (Å²) in [6, 6.07) is 15.5. The van der Waals surface area contributed by atoms with E-state index in [1.54, 1.807) is 16.7 Å². The lowest BCUT2D eigenvalue weighted by molar-refractivity contribution is -0.113. The van der Waals surface area contributed by atoms with Crippen LogP contribution < -0.4 is 9.64 Å². The zero-order valence-electron chi connectivity index (χ0n) is 13.9. The number of rotatable bonds is 5. The van der Waals surface area contributed by atoms with Crippen molar-refractivity contribution in [3.63, 3.8) is 0 Å². The normalized spacial score (nSPS) is 15.9. The largest absolute Gasteiger partial charge is 0.494 e. The van der Waals surface area contributed by atoms with E-state index in [4.69, 9.17) is 17.0 Å². The quantitative estimate of drug-likeness (QED) is 0.399. The molecule has 25 heavy (non-hydrogen) atoms. The third-order valence-corrected chi connectivity index (χ3v) is 5.62. The highest BCUT2D eigenvalue weighted by Crippen LogP contribution is 2.37. The number of hydrogen-bond donors (Lipinski definition) is 0. The molecule has 1 saturated heterocycles. The fourth-order valence-electron chi connectivity index (χ4n) is 2.42. The van der Waals surface area contributed by atoms with Crippen molar-refractivity contribution in [1.82, 2.24) is 0 Å². The first-order valence-corrected chi connectivity index (χ1v) is 10.2. The van der Waals surface area contributed by atoms with Crippen molar-refractivity contribution in [2.24, 2.45) is 0 Å². The number of carbonyl (C=O) groups excluding carboxylic acids is 1. The van der Waals surface area contributed by atoms with Crippen LogP contribution in [0.4, 0.5) is 5.69 Å². The van der Waals surface area contributed by atoms with E-state index in [1.807, 2.05) is 67.8 Å². The Kier molecular flexibility index (Phi) is 5.83. The molecule has 1 fully saturated rings. The predicted molar refractivity (Wildman–Crippen MR) is 111 cm³/mol. The van der Waals surface area contributed by atoms with Crippen LogP contribution in [0.5, 0.6) is 5.75 Å². The Bertz CT molecular complexity index is 831. The van der Waals surface area contributed by atoms with Gasteiger partial charge in [0.05, 0.1) is 17.2 Å². The maximum Gasteiger partial charge on any atom is 0.270 e. The van der Waals surface area contributed by atoms with Gasteiger partial charge in [0.25, 0.3) is 5.91 Å². The van der Waals surface area contributed by atoms with Gasteiger partial charge < -0.3 is 4.74 Å². The number of amides is 1. The number of carbonyl (C=O) groups is 1. The highest BCUT2D eigenvalue weighted by Gasteiger charge is 2.33. The topological polar surface area (TPSA) is 29.5 Å². The van der Waals surface area contributed by atoms with Crippen molar-refractivity contribution < 1.29 is 9.53 Å². The molecule has 0 aliphatic carbocycles. The molecule has 1 heterocycles. The maximum absolute atomic E-state index is 12.8. The number of nitrogens with zero attached hydrogens (tertiary/aromatic N) is 1. The molecule has 0 aromatic heterocycles. The fourth-order valence-corrected chi connectivity index (χ4v) is 4.17. The highest BCUT2D eigenvalue weighted by molar-refractivity contribution is 8.27. The van der Waals surface area contributed by atoms with E-state index in [0.29, 0.717) is 15.8 Å². The van der Waals surface area contributed by atoms with Crippen molar-refractivity contribution >= 4 is 57.7 Å². The molecule has 0 radical (unpaired) electrons. The van der Waals surface area contributed by atoms with E-state index in [9.17, 15) is 4.79 Å². The molecule has 1 aliphatic heterocycles. The second-order valence-electron chi connectivity index (χ2n) is 5.22. The number of benzene rings is 2. The molecule has 2 aromatic carbocycles. The van der Waals surface area contributed by atoms with E-state index >= 15 is 0 Å². The third kappa shape index (κ3) is 4.08.